The molecular formula is C10H15NO. The van der Waals surface area contributed by atoms with Gasteiger partial charge >= 0.3 is 0 Å². The van der Waals surface area contributed by atoms with Gasteiger partial charge in [-0.05, 0) is 32.1 Å². The standard InChI is InChI=1S/C10H15NO/c1-2-5-10-6-3-8(4-7-10)11-9(10)12/h2,8H,1,3-7H2,(H,11,12). The predicted octanol–water partition coefficient (Wildman–Crippen LogP) is 1.62. The van der Waals surface area contributed by atoms with Crippen LogP contribution in [0.5, 0.6) is 0 Å². The smallest absolute Gasteiger partial charge is 0.226 e. The van der Waals surface area contributed by atoms with Crippen molar-refractivity contribution in [1.29, 1.82) is 0 Å². The van der Waals surface area contributed by atoms with Crippen molar-refractivity contribution in [1.82, 2.24) is 5.32 Å². The Labute approximate surface area is 73.0 Å². The van der Waals surface area contributed by atoms with Gasteiger partial charge in [0.1, 0.15) is 0 Å². The van der Waals surface area contributed by atoms with E-state index < -0.39 is 0 Å². The molecule has 3 rings (SSSR count). The minimum atomic E-state index is -0.0729. The third-order valence-corrected chi connectivity index (χ3v) is 3.29. The summed E-state index contributed by atoms with van der Waals surface area (Å²) in [7, 11) is 0. The summed E-state index contributed by atoms with van der Waals surface area (Å²) in [5.74, 6) is 0.268. The monoisotopic (exact) mass is 165 g/mol. The maximum Gasteiger partial charge on any atom is 0.226 e. The number of carbonyl (C=O) groups is 1. The number of rotatable bonds is 2. The van der Waals surface area contributed by atoms with Gasteiger partial charge in [0.2, 0.25) is 5.91 Å². The van der Waals surface area contributed by atoms with Crippen LogP contribution in [0.25, 0.3) is 0 Å². The molecular weight excluding hydrogens is 150 g/mol. The summed E-state index contributed by atoms with van der Waals surface area (Å²) in [4.78, 5) is 11.6. The van der Waals surface area contributed by atoms with E-state index in [4.69, 9.17) is 0 Å². The lowest BCUT2D eigenvalue weighted by Crippen LogP contribution is -2.55. The Balaban J connectivity index is 2.20. The van der Waals surface area contributed by atoms with Gasteiger partial charge in [-0.2, -0.15) is 0 Å². The normalized spacial score (nSPS) is 39.3. The van der Waals surface area contributed by atoms with E-state index in [9.17, 15) is 4.79 Å². The molecule has 1 aliphatic carbocycles. The highest BCUT2D eigenvalue weighted by atomic mass is 16.2. The number of hydrogen-bond donors (Lipinski definition) is 1. The molecule has 1 saturated carbocycles. The molecule has 0 atom stereocenters. The summed E-state index contributed by atoms with van der Waals surface area (Å²) >= 11 is 0. The van der Waals surface area contributed by atoms with Crippen molar-refractivity contribution < 1.29 is 4.79 Å². The number of carbonyl (C=O) groups excluding carboxylic acids is 1. The molecule has 2 aliphatic heterocycles. The lowest BCUT2D eigenvalue weighted by atomic mass is 9.66. The van der Waals surface area contributed by atoms with Gasteiger partial charge in [-0.25, -0.2) is 0 Å². The molecule has 3 fully saturated rings. The lowest BCUT2D eigenvalue weighted by molar-refractivity contribution is -0.139. The molecule has 66 valence electrons. The molecule has 2 heterocycles. The largest absolute Gasteiger partial charge is 0.353 e. The maximum absolute atomic E-state index is 11.6. The Morgan fingerprint density at radius 1 is 1.58 bits per heavy atom. The number of nitrogens with one attached hydrogen (secondary N) is 1. The maximum atomic E-state index is 11.6. The van der Waals surface area contributed by atoms with Gasteiger partial charge in [-0.3, -0.25) is 4.79 Å². The number of allylic oxidation sites excluding steroid dienone is 1. The summed E-state index contributed by atoms with van der Waals surface area (Å²) in [6.07, 6.45) is 7.20. The van der Waals surface area contributed by atoms with E-state index in [1.54, 1.807) is 0 Å². The number of fused-ring (bicyclic) bond motifs is 3. The van der Waals surface area contributed by atoms with Crippen molar-refractivity contribution in [2.24, 2.45) is 5.41 Å². The lowest BCUT2D eigenvalue weighted by Gasteiger charge is -2.45. The highest BCUT2D eigenvalue weighted by Gasteiger charge is 2.45. The molecule has 2 saturated heterocycles. The first-order valence-electron chi connectivity index (χ1n) is 4.69. The zero-order valence-corrected chi connectivity index (χ0v) is 7.31. The predicted molar refractivity (Wildman–Crippen MR) is 47.6 cm³/mol. The highest BCUT2D eigenvalue weighted by Crippen LogP contribution is 2.43. The minimum absolute atomic E-state index is 0.0729. The van der Waals surface area contributed by atoms with Gasteiger partial charge in [0.25, 0.3) is 0 Å². The molecule has 0 aromatic rings. The number of amides is 1. The van der Waals surface area contributed by atoms with Gasteiger partial charge in [-0.15, -0.1) is 6.58 Å². The van der Waals surface area contributed by atoms with Crippen LogP contribution in [0.4, 0.5) is 0 Å². The van der Waals surface area contributed by atoms with Crippen LogP contribution in [-0.2, 0) is 4.79 Å². The molecule has 0 radical (unpaired) electrons. The van der Waals surface area contributed by atoms with Crippen molar-refractivity contribution in [3.8, 4) is 0 Å². The van der Waals surface area contributed by atoms with Crippen molar-refractivity contribution >= 4 is 5.91 Å². The van der Waals surface area contributed by atoms with Crippen LogP contribution in [0.3, 0.4) is 0 Å². The summed E-state index contributed by atoms with van der Waals surface area (Å²) < 4.78 is 0. The molecule has 0 aromatic carbocycles. The molecule has 12 heavy (non-hydrogen) atoms. The summed E-state index contributed by atoms with van der Waals surface area (Å²) in [6, 6.07) is 0.476. The van der Waals surface area contributed by atoms with Crippen LogP contribution >= 0.6 is 0 Å². The van der Waals surface area contributed by atoms with E-state index in [0.29, 0.717) is 6.04 Å². The Hall–Kier alpha value is -0.790. The zero-order valence-electron chi connectivity index (χ0n) is 7.31. The minimum Gasteiger partial charge on any atom is -0.353 e. The third-order valence-electron chi connectivity index (χ3n) is 3.29. The van der Waals surface area contributed by atoms with E-state index >= 15 is 0 Å². The first-order valence-corrected chi connectivity index (χ1v) is 4.69. The average molecular weight is 165 g/mol. The van der Waals surface area contributed by atoms with Crippen LogP contribution in [0.1, 0.15) is 32.1 Å². The second-order valence-corrected chi connectivity index (χ2v) is 4.02. The van der Waals surface area contributed by atoms with Crippen LogP contribution in [0.2, 0.25) is 0 Å². The molecule has 3 aliphatic rings. The first-order chi connectivity index (χ1) is 5.77. The summed E-state index contributed by atoms with van der Waals surface area (Å²) in [5, 5.41) is 3.05. The average Bonchev–Trinajstić information content (AvgIpc) is 2.08. The Kier molecular flexibility index (Phi) is 1.71. The topological polar surface area (TPSA) is 29.1 Å². The van der Waals surface area contributed by atoms with Crippen LogP contribution in [0, 0.1) is 5.41 Å². The molecule has 0 aromatic heterocycles. The van der Waals surface area contributed by atoms with Crippen molar-refractivity contribution in [3.63, 3.8) is 0 Å². The fourth-order valence-electron chi connectivity index (χ4n) is 2.45. The first kappa shape index (κ1) is 7.84. The van der Waals surface area contributed by atoms with E-state index in [0.717, 1.165) is 19.3 Å². The molecule has 0 spiro atoms. The molecule has 1 N–H and O–H groups in total. The highest BCUT2D eigenvalue weighted by molar-refractivity contribution is 5.84. The SMILES string of the molecule is C=CCC12CCC(CC1)NC2=O. The van der Waals surface area contributed by atoms with E-state index in [2.05, 4.69) is 11.9 Å². The zero-order chi connectivity index (χ0) is 8.60. The van der Waals surface area contributed by atoms with Crippen LogP contribution < -0.4 is 5.32 Å². The molecule has 2 nitrogen and oxygen atoms in total. The Morgan fingerprint density at radius 2 is 2.25 bits per heavy atom. The van der Waals surface area contributed by atoms with E-state index in [1.807, 2.05) is 6.08 Å². The summed E-state index contributed by atoms with van der Waals surface area (Å²) in [6.45, 7) is 3.72. The van der Waals surface area contributed by atoms with Gasteiger partial charge in [0.15, 0.2) is 0 Å². The molecule has 0 unspecified atom stereocenters. The second-order valence-electron chi connectivity index (χ2n) is 4.02. The number of hydrogen-bond acceptors (Lipinski definition) is 1. The van der Waals surface area contributed by atoms with Crippen molar-refractivity contribution in [2.45, 2.75) is 38.1 Å². The fourth-order valence-corrected chi connectivity index (χ4v) is 2.45. The van der Waals surface area contributed by atoms with Crippen molar-refractivity contribution in [2.75, 3.05) is 0 Å². The van der Waals surface area contributed by atoms with Gasteiger partial charge in [0, 0.05) is 6.04 Å². The summed E-state index contributed by atoms with van der Waals surface area (Å²) in [5.41, 5.74) is -0.0729. The van der Waals surface area contributed by atoms with Gasteiger partial charge in [0.05, 0.1) is 5.41 Å². The van der Waals surface area contributed by atoms with Crippen molar-refractivity contribution in [3.05, 3.63) is 12.7 Å². The molecule has 1 amide bonds. The molecule has 2 bridgehead atoms. The van der Waals surface area contributed by atoms with Gasteiger partial charge in [-0.1, -0.05) is 6.08 Å². The Bertz CT molecular complexity index is 214. The second kappa shape index (κ2) is 2.61. The van der Waals surface area contributed by atoms with Crippen LogP contribution in [0.15, 0.2) is 12.7 Å². The quantitative estimate of drug-likeness (QED) is 0.619. The fraction of sp³-hybridized carbons (Fsp3) is 0.700. The van der Waals surface area contributed by atoms with E-state index in [1.165, 1.54) is 12.8 Å². The molecule has 2 heteroatoms. The van der Waals surface area contributed by atoms with E-state index in [-0.39, 0.29) is 11.3 Å². The van der Waals surface area contributed by atoms with Crippen LogP contribution in [-0.4, -0.2) is 11.9 Å². The number of piperidine rings is 2. The van der Waals surface area contributed by atoms with Gasteiger partial charge < -0.3 is 5.32 Å². The Morgan fingerprint density at radius 3 is 2.75 bits per heavy atom. The third kappa shape index (κ3) is 0.977.